The second kappa shape index (κ2) is 12.1. The summed E-state index contributed by atoms with van der Waals surface area (Å²) >= 11 is 0. The molecule has 0 saturated carbocycles. The van der Waals surface area contributed by atoms with Crippen LogP contribution in [0.4, 0.5) is 4.79 Å². The maximum Gasteiger partial charge on any atom is 0.439 e. The highest BCUT2D eigenvalue weighted by molar-refractivity contribution is 6.04. The summed E-state index contributed by atoms with van der Waals surface area (Å²) in [4.78, 5) is 33.2. The Hall–Kier alpha value is -4.73. The highest BCUT2D eigenvalue weighted by atomic mass is 16.6. The Labute approximate surface area is 254 Å². The Balaban J connectivity index is 1.29. The van der Waals surface area contributed by atoms with E-state index in [1.54, 1.807) is 12.3 Å². The molecule has 4 unspecified atom stereocenters. The zero-order chi connectivity index (χ0) is 30.0. The maximum absolute atomic E-state index is 13.1. The van der Waals surface area contributed by atoms with E-state index >= 15 is 0 Å². The third-order valence-electron chi connectivity index (χ3n) is 8.98. The summed E-state index contributed by atoms with van der Waals surface area (Å²) in [6, 6.07) is 25.1. The van der Waals surface area contributed by atoms with E-state index in [-0.39, 0.29) is 18.8 Å². The van der Waals surface area contributed by atoms with Crippen molar-refractivity contribution in [3.8, 4) is 0 Å². The number of benzene rings is 3. The number of carbonyl (C=O) groups excluding carboxylic acids is 1. The lowest BCUT2D eigenvalue weighted by molar-refractivity contribution is -0.0803. The Morgan fingerprint density at radius 3 is 2.50 bits per heavy atom. The molecule has 0 aliphatic carbocycles. The lowest BCUT2D eigenvalue weighted by Crippen LogP contribution is -2.55. The number of hydrogen-bond donors (Lipinski definition) is 1. The average molecular weight is 591 g/mol. The molecule has 3 saturated heterocycles. The number of ether oxygens (including phenoxy) is 2. The van der Waals surface area contributed by atoms with Gasteiger partial charge in [-0.3, -0.25) is 9.88 Å². The number of hydrogen-bond acceptors (Lipinski definition) is 7. The van der Waals surface area contributed by atoms with Gasteiger partial charge in [0.1, 0.15) is 12.1 Å². The number of nitrogens with zero attached hydrogens (tertiary/aromatic N) is 3. The van der Waals surface area contributed by atoms with Crippen molar-refractivity contribution in [3.05, 3.63) is 125 Å². The summed E-state index contributed by atoms with van der Waals surface area (Å²) in [6.45, 7) is 6.51. The normalized spacial score (nSPS) is 21.7. The van der Waals surface area contributed by atoms with Gasteiger partial charge in [-0.25, -0.2) is 15.0 Å². The minimum Gasteiger partial charge on any atom is -0.443 e. The second-order valence-corrected chi connectivity index (χ2v) is 11.5. The number of pyridine rings is 1. The molecule has 9 heteroatoms. The van der Waals surface area contributed by atoms with Gasteiger partial charge in [0.05, 0.1) is 18.2 Å². The number of nitrogens with one attached hydrogen (secondary N) is 1. The van der Waals surface area contributed by atoms with Gasteiger partial charge in [-0.15, -0.1) is 6.58 Å². The van der Waals surface area contributed by atoms with Crippen LogP contribution in [-0.2, 0) is 22.7 Å². The molecule has 9 nitrogen and oxygen atoms in total. The number of fused-ring (bicyclic) bond motifs is 6. The lowest BCUT2D eigenvalue weighted by atomic mass is 9.73. The van der Waals surface area contributed by atoms with E-state index in [9.17, 15) is 9.59 Å². The highest BCUT2D eigenvalue weighted by Crippen LogP contribution is 2.44. The van der Waals surface area contributed by atoms with Crippen molar-refractivity contribution in [3.63, 3.8) is 0 Å². The van der Waals surface area contributed by atoms with Gasteiger partial charge in [0, 0.05) is 24.2 Å². The van der Waals surface area contributed by atoms with E-state index in [0.29, 0.717) is 40.4 Å². The van der Waals surface area contributed by atoms with Crippen LogP contribution in [0.3, 0.4) is 0 Å². The molecule has 5 aromatic rings. The Morgan fingerprint density at radius 2 is 1.80 bits per heavy atom. The number of oxazole rings is 1. The minimum absolute atomic E-state index is 0.0601. The molecule has 3 aliphatic heterocycles. The smallest absolute Gasteiger partial charge is 0.439 e. The van der Waals surface area contributed by atoms with Crippen LogP contribution in [0.2, 0.25) is 0 Å². The van der Waals surface area contributed by atoms with Crippen molar-refractivity contribution >= 4 is 28.1 Å². The van der Waals surface area contributed by atoms with E-state index in [1.807, 2.05) is 60.7 Å². The van der Waals surface area contributed by atoms with Gasteiger partial charge in [0.25, 0.3) is 0 Å². The molecule has 2 aromatic heterocycles. The average Bonchev–Trinajstić information content (AvgIpc) is 3.39. The van der Waals surface area contributed by atoms with Gasteiger partial charge >= 0.3 is 11.8 Å². The Bertz CT molecular complexity index is 1850. The first-order chi connectivity index (χ1) is 21.6. The molecule has 0 spiro atoms. The van der Waals surface area contributed by atoms with Crippen LogP contribution < -0.4 is 11.2 Å². The van der Waals surface area contributed by atoms with Crippen molar-refractivity contribution in [2.75, 3.05) is 18.5 Å². The summed E-state index contributed by atoms with van der Waals surface area (Å²) in [5.41, 5.74) is 6.80. The van der Waals surface area contributed by atoms with Crippen molar-refractivity contribution < 1.29 is 18.7 Å². The fourth-order valence-electron chi connectivity index (χ4n) is 6.82. The molecule has 5 atom stereocenters. The highest BCUT2D eigenvalue weighted by Gasteiger charge is 2.43. The third kappa shape index (κ3) is 5.40. The number of piperidine rings is 3. The summed E-state index contributed by atoms with van der Waals surface area (Å²) in [6.07, 6.45) is 4.86. The van der Waals surface area contributed by atoms with Crippen molar-refractivity contribution in [2.45, 2.75) is 38.2 Å². The number of rotatable bonds is 9. The zero-order valence-corrected chi connectivity index (χ0v) is 24.3. The first-order valence-electron chi connectivity index (χ1n) is 15.0. The third-order valence-corrected chi connectivity index (χ3v) is 8.98. The first-order valence-corrected chi connectivity index (χ1v) is 15.0. The maximum atomic E-state index is 13.1. The topological polar surface area (TPSA) is 98.8 Å². The molecule has 3 aliphatic rings. The summed E-state index contributed by atoms with van der Waals surface area (Å²) in [5, 5.41) is 0.695. The Kier molecular flexibility index (Phi) is 7.72. The fraction of sp³-hybridized carbons (Fsp3) is 0.286. The summed E-state index contributed by atoms with van der Waals surface area (Å²) in [7, 11) is 0. The second-order valence-electron chi connectivity index (χ2n) is 11.5. The molecule has 2 bridgehead atoms. The molecular formula is C35H34N4O5. The predicted octanol–water partition coefficient (Wildman–Crippen LogP) is 6.18. The minimum atomic E-state index is -0.774. The van der Waals surface area contributed by atoms with Crippen LogP contribution in [0.25, 0.3) is 22.0 Å². The van der Waals surface area contributed by atoms with E-state index in [4.69, 9.17) is 13.9 Å². The first kappa shape index (κ1) is 28.1. The number of amides is 1. The van der Waals surface area contributed by atoms with Crippen LogP contribution >= 0.6 is 0 Å². The van der Waals surface area contributed by atoms with Crippen molar-refractivity contribution in [1.82, 2.24) is 14.6 Å². The fourth-order valence-corrected chi connectivity index (χ4v) is 6.82. The standard InChI is InChI=1S/C35H34N4O5/c1-2-25-20-38-18-16-26(25)19-29(38)33(42-21-23-9-5-3-6-10-23)27-15-17-36-28-13-14-30-32(31(27)28)39(35(41)44-30)37-34(40)43-22-24-11-7-4-8-12-24/h2-15,17,25-26,29,33H,1,16,18-22H2,(H,37,40)/t25?,26?,29?,33-/m0/s1. The van der Waals surface area contributed by atoms with Crippen molar-refractivity contribution in [2.24, 2.45) is 11.8 Å². The van der Waals surface area contributed by atoms with E-state index < -0.39 is 11.8 Å². The zero-order valence-electron chi connectivity index (χ0n) is 24.3. The molecular weight excluding hydrogens is 556 g/mol. The lowest BCUT2D eigenvalue weighted by Gasteiger charge is -2.51. The van der Waals surface area contributed by atoms with Gasteiger partial charge in [0.2, 0.25) is 0 Å². The number of aromatic nitrogens is 2. The summed E-state index contributed by atoms with van der Waals surface area (Å²) in [5.74, 6) is 0.266. The van der Waals surface area contributed by atoms with Crippen LogP contribution in [0.15, 0.2) is 107 Å². The molecule has 1 N–H and O–H groups in total. The van der Waals surface area contributed by atoms with Crippen LogP contribution in [0.5, 0.6) is 0 Å². The Morgan fingerprint density at radius 1 is 1.05 bits per heavy atom. The van der Waals surface area contributed by atoms with E-state index in [2.05, 4.69) is 40.1 Å². The monoisotopic (exact) mass is 590 g/mol. The molecule has 0 radical (unpaired) electrons. The van der Waals surface area contributed by atoms with Gasteiger partial charge in [-0.05, 0) is 66.1 Å². The van der Waals surface area contributed by atoms with Crippen LogP contribution in [0, 0.1) is 11.8 Å². The van der Waals surface area contributed by atoms with Gasteiger partial charge in [-0.2, -0.15) is 4.68 Å². The SMILES string of the molecule is C=CC1CN2CCC1CC2[C@@H](OCc1ccccc1)c1ccnc2ccc3oc(=O)n(NC(=O)OCc4ccccc4)c3c12. The quantitative estimate of drug-likeness (QED) is 0.205. The van der Waals surface area contributed by atoms with E-state index in [1.165, 1.54) is 0 Å². The summed E-state index contributed by atoms with van der Waals surface area (Å²) < 4.78 is 19.0. The predicted molar refractivity (Wildman–Crippen MR) is 168 cm³/mol. The molecule has 44 heavy (non-hydrogen) atoms. The molecule has 3 aromatic carbocycles. The molecule has 224 valence electrons. The van der Waals surface area contributed by atoms with Crippen LogP contribution in [-0.4, -0.2) is 39.8 Å². The van der Waals surface area contributed by atoms with E-state index in [0.717, 1.165) is 47.3 Å². The van der Waals surface area contributed by atoms with Crippen molar-refractivity contribution in [1.29, 1.82) is 0 Å². The van der Waals surface area contributed by atoms with Gasteiger partial charge < -0.3 is 13.9 Å². The molecule has 1 amide bonds. The molecule has 8 rings (SSSR count). The molecule has 5 heterocycles. The largest absolute Gasteiger partial charge is 0.443 e. The molecule has 3 fully saturated rings. The van der Waals surface area contributed by atoms with Gasteiger partial charge in [-0.1, -0.05) is 66.7 Å². The van der Waals surface area contributed by atoms with Crippen LogP contribution in [0.1, 0.15) is 35.6 Å². The van der Waals surface area contributed by atoms with Gasteiger partial charge in [0.15, 0.2) is 5.58 Å². The number of carbonyl (C=O) groups is 1.